The SMILES string of the molecule is CC(=O)C1(NC(C)(C)C)CC1.CC(C)(C)NC1(c2ccccc2)CC1.CCCC(NC(C)(C)C)C(=O)C(=O)N1CC(C)(C)C1.CCCC(NC(C)(C)C)C(=O)C(=O)N1CCOCC1.CCCC(NC(C)(C)C)C(=O)C(=O)NCCOC.CCCC(NC(C)(C)C)C(=O)C(=O)NCc1cc(-c2ccc(C)cc2)no1.CCCC(NC(C)(C)C)C(=O)C(=O)NCc1ccccc1.CCCC(NC(C)(C)C)C(=O)C(=O)NCc1ccco1. The number of Topliss-reactive ketones (excluding diaryl/α,β-unsaturated/α-hetero) is 7. The van der Waals surface area contributed by atoms with Gasteiger partial charge in [-0.15, -0.1) is 0 Å². The number of aryl methyl sites for hydroxylation is 1. The van der Waals surface area contributed by atoms with Crippen molar-refractivity contribution in [1.82, 2.24) is 78.8 Å². The zero-order chi connectivity index (χ0) is 114. The van der Waals surface area contributed by atoms with Crippen LogP contribution in [0.15, 0.2) is 118 Å². The second kappa shape index (κ2) is 63.7. The molecule has 4 heterocycles. The van der Waals surface area contributed by atoms with Gasteiger partial charge in [0.15, 0.2) is 5.76 Å². The Labute approximate surface area is 893 Å². The minimum atomic E-state index is -0.613. The van der Waals surface area contributed by atoms with Crippen molar-refractivity contribution in [3.63, 3.8) is 0 Å². The van der Waals surface area contributed by atoms with Crippen LogP contribution in [0.4, 0.5) is 0 Å². The van der Waals surface area contributed by atoms with Crippen LogP contribution in [0.5, 0.6) is 0 Å². The summed E-state index contributed by atoms with van der Waals surface area (Å²) in [6.07, 6.45) is 15.2. The molecule has 840 valence electrons. The van der Waals surface area contributed by atoms with E-state index in [0.717, 1.165) is 62.5 Å². The summed E-state index contributed by atoms with van der Waals surface area (Å²) < 4.78 is 20.4. The van der Waals surface area contributed by atoms with Gasteiger partial charge >= 0.3 is 0 Å². The summed E-state index contributed by atoms with van der Waals surface area (Å²) in [6.45, 7) is 73.6. The summed E-state index contributed by atoms with van der Waals surface area (Å²) in [7, 11) is 1.55. The third-order valence-corrected chi connectivity index (χ3v) is 23.1. The van der Waals surface area contributed by atoms with Gasteiger partial charge in [-0.25, -0.2) is 0 Å². The number of carbonyl (C=O) groups is 13. The fourth-order valence-electron chi connectivity index (χ4n) is 16.5. The predicted molar refractivity (Wildman–Crippen MR) is 595 cm³/mol. The molecule has 4 fully saturated rings. The Morgan fingerprint density at radius 1 is 0.396 bits per heavy atom. The molecule has 32 nitrogen and oxygen atoms in total. The molecule has 3 aromatic carbocycles. The van der Waals surface area contributed by atoms with Gasteiger partial charge in [-0.1, -0.05) is 190 Å². The van der Waals surface area contributed by atoms with Crippen molar-refractivity contribution >= 4 is 75.9 Å². The molecule has 2 aromatic heterocycles. The highest BCUT2D eigenvalue weighted by molar-refractivity contribution is 6.40. The van der Waals surface area contributed by atoms with Crippen LogP contribution in [-0.4, -0.2) is 237 Å². The fraction of sp³-hybridized carbons (Fsp3) is 0.675. The molecular weight excluding hydrogens is 1890 g/mol. The molecule has 2 saturated carbocycles. The molecule has 9 rings (SSSR count). The molecule has 0 bridgehead atoms. The molecule has 6 unspecified atom stereocenters. The molecule has 2 aliphatic carbocycles. The van der Waals surface area contributed by atoms with E-state index in [-0.39, 0.29) is 121 Å². The molecule has 6 atom stereocenters. The Bertz CT molecular complexity index is 4860. The van der Waals surface area contributed by atoms with E-state index in [9.17, 15) is 62.3 Å². The molecule has 0 radical (unpaired) electrons. The smallest absolute Gasteiger partial charge is 0.291 e. The number of ether oxygens (including phenoxy) is 2. The first-order valence-corrected chi connectivity index (χ1v) is 53.9. The molecule has 2 aliphatic heterocycles. The number of nitrogens with one attached hydrogen (secondary N) is 12. The van der Waals surface area contributed by atoms with Crippen molar-refractivity contribution in [2.24, 2.45) is 5.41 Å². The van der Waals surface area contributed by atoms with Crippen LogP contribution in [-0.2, 0) is 97.0 Å². The Morgan fingerprint density at radius 3 is 1.05 bits per heavy atom. The van der Waals surface area contributed by atoms with Crippen molar-refractivity contribution in [1.29, 1.82) is 0 Å². The van der Waals surface area contributed by atoms with Gasteiger partial charge in [0.05, 0.1) is 81.0 Å². The van der Waals surface area contributed by atoms with E-state index < -0.39 is 65.1 Å². The number of amides is 6. The van der Waals surface area contributed by atoms with E-state index in [1.807, 2.05) is 228 Å². The molecule has 0 spiro atoms. The van der Waals surface area contributed by atoms with Gasteiger partial charge in [-0.05, 0) is 273 Å². The van der Waals surface area contributed by atoms with Crippen molar-refractivity contribution in [3.05, 3.63) is 138 Å². The zero-order valence-electron chi connectivity index (χ0n) is 97.7. The van der Waals surface area contributed by atoms with Gasteiger partial charge in [0, 0.05) is 108 Å². The third-order valence-electron chi connectivity index (χ3n) is 23.1. The highest BCUT2D eigenvalue weighted by Gasteiger charge is 2.50. The van der Waals surface area contributed by atoms with Crippen LogP contribution in [0.1, 0.15) is 359 Å². The lowest BCUT2D eigenvalue weighted by Gasteiger charge is -2.45. The zero-order valence-corrected chi connectivity index (χ0v) is 97.7. The van der Waals surface area contributed by atoms with E-state index in [1.165, 1.54) is 30.2 Å². The quantitative estimate of drug-likeness (QED) is 0.0127. The maximum absolute atomic E-state index is 12.5. The van der Waals surface area contributed by atoms with Gasteiger partial charge in [0.2, 0.25) is 34.7 Å². The molecule has 149 heavy (non-hydrogen) atoms. The van der Waals surface area contributed by atoms with Gasteiger partial charge in [-0.3, -0.25) is 62.3 Å². The predicted octanol–water partition coefficient (Wildman–Crippen LogP) is 16.2. The van der Waals surface area contributed by atoms with Crippen LogP contribution in [0.25, 0.3) is 11.3 Å². The number of likely N-dealkylation sites (tertiary alicyclic amines) is 1. The van der Waals surface area contributed by atoms with Crippen LogP contribution >= 0.6 is 0 Å². The Morgan fingerprint density at radius 2 is 0.738 bits per heavy atom. The number of carbonyl (C=O) groups excluding carboxylic acids is 13. The summed E-state index contributed by atoms with van der Waals surface area (Å²) in [4.78, 5) is 160. The number of hydrogen-bond donors (Lipinski definition) is 12. The molecule has 5 aromatic rings. The lowest BCUT2D eigenvalue weighted by atomic mass is 9.84. The van der Waals surface area contributed by atoms with Crippen LogP contribution in [0.3, 0.4) is 0 Å². The number of benzene rings is 3. The molecular formula is C117H195N15O17. The van der Waals surface area contributed by atoms with E-state index in [2.05, 4.69) is 155 Å². The number of furan rings is 1. The number of ketones is 7. The Hall–Kier alpha value is -9.74. The van der Waals surface area contributed by atoms with Crippen LogP contribution in [0, 0.1) is 12.3 Å². The summed E-state index contributed by atoms with van der Waals surface area (Å²) in [6, 6.07) is 31.0. The van der Waals surface area contributed by atoms with E-state index >= 15 is 0 Å². The van der Waals surface area contributed by atoms with E-state index in [1.54, 1.807) is 42.0 Å². The highest BCUT2D eigenvalue weighted by Crippen LogP contribution is 2.47. The fourth-order valence-corrected chi connectivity index (χ4v) is 16.5. The third kappa shape index (κ3) is 57.0. The number of morpholine rings is 1. The average molecular weight is 2080 g/mol. The topological polar surface area (TPSA) is 430 Å². The molecule has 32 heteroatoms. The van der Waals surface area contributed by atoms with E-state index in [4.69, 9.17) is 18.4 Å². The summed E-state index contributed by atoms with van der Waals surface area (Å²) >= 11 is 0. The van der Waals surface area contributed by atoms with E-state index in [0.29, 0.717) is 115 Å². The summed E-state index contributed by atoms with van der Waals surface area (Å²) in [5, 5.41) is 40.9. The summed E-state index contributed by atoms with van der Waals surface area (Å²) in [5.41, 5.74) is 4.57. The molecule has 12 N–H and O–H groups in total. The average Bonchev–Trinajstić information content (AvgIpc) is 1.62. The molecule has 6 amide bonds. The minimum Gasteiger partial charge on any atom is -0.467 e. The molecule has 4 aliphatic rings. The van der Waals surface area contributed by atoms with Gasteiger partial charge in [0.1, 0.15) is 17.2 Å². The maximum Gasteiger partial charge on any atom is 0.291 e. The Kier molecular flexibility index (Phi) is 57.8. The molecule has 2 saturated heterocycles. The van der Waals surface area contributed by atoms with Gasteiger partial charge < -0.3 is 92.0 Å². The first-order chi connectivity index (χ1) is 68.9. The second-order valence-electron chi connectivity index (χ2n) is 48.6. The number of rotatable bonds is 44. The van der Waals surface area contributed by atoms with Crippen molar-refractivity contribution in [3.8, 4) is 11.3 Å². The standard InChI is InChI=1S/C21H29N3O3.C17H26N2O2.C15H24N2O3.C15H28N2O2.C14H26N2O3.C13H26N2O3.C13H19N.C9H17NO/c1-6-7-17(23-21(3,4)5)19(25)20(26)22-13-16-12-18(24-27-16)15-10-8-14(2)9-11-15;1-5-9-14(19-17(2,3)4)15(20)16(21)18-12-13-10-7-6-8-11-13;1-5-7-12(17-15(2,3)4)13(18)14(19)16-10-11-8-6-9-20-11;1-7-8-11(16-14(2,3)4)12(18)13(19)17-9-15(5,6)10-17;1-5-6-11(15-14(2,3)4)12(17)13(18)16-7-9-19-10-8-16;1-6-7-10(15-13(2,3)4)11(16)12(17)14-8-9-18-5;1-12(2,3)14-13(9-10-13)11-7-5-4-6-8-11;1-7(11)9(5-6-9)10-8(2,3)4/h8-12,17,23H,6-7,13H2,1-5H3,(H,22,26);6-8,10-11,14,19H,5,9,12H2,1-4H3,(H,18,21);6,8-9,12,17H,5,7,10H2,1-4H3,(H,16,19);11,16H,7-10H2,1-6H3;11,15H,5-10H2,1-4H3;10,15H,6-9H2,1-5H3,(H,14,17);4-8,14H,9-10H2,1-3H3;10H,5-6H2,1-4H3. The largest absolute Gasteiger partial charge is 0.467 e. The minimum absolute atomic E-state index is 0.0577. The van der Waals surface area contributed by atoms with Crippen molar-refractivity contribution < 1.29 is 80.7 Å². The normalized spacial score (nSPS) is 15.7. The first-order valence-electron chi connectivity index (χ1n) is 53.9. The number of nitrogens with zero attached hydrogens (tertiary/aromatic N) is 3. The number of hydrogen-bond acceptors (Lipinski definition) is 26. The van der Waals surface area contributed by atoms with Gasteiger partial charge in [-0.2, -0.15) is 0 Å². The van der Waals surface area contributed by atoms with Crippen LogP contribution in [0.2, 0.25) is 0 Å². The summed E-state index contributed by atoms with van der Waals surface area (Å²) in [5.74, 6) is -3.80. The Balaban J connectivity index is 0.000000581. The maximum atomic E-state index is 12.5. The van der Waals surface area contributed by atoms with Gasteiger partial charge in [0.25, 0.3) is 35.4 Å². The van der Waals surface area contributed by atoms with Crippen LogP contribution < -0.4 is 63.8 Å². The number of methoxy groups -OCH3 is 1. The number of aromatic nitrogens is 1. The van der Waals surface area contributed by atoms with Crippen molar-refractivity contribution in [2.45, 2.75) is 449 Å². The monoisotopic (exact) mass is 2080 g/mol. The highest BCUT2D eigenvalue weighted by atomic mass is 16.5. The second-order valence-corrected chi connectivity index (χ2v) is 48.6. The van der Waals surface area contributed by atoms with Crippen molar-refractivity contribution in [2.75, 3.05) is 59.7 Å². The first kappa shape index (κ1) is 135. The lowest BCUT2D eigenvalue weighted by Crippen LogP contribution is -2.60. The lowest BCUT2D eigenvalue weighted by molar-refractivity contribution is -0.153.